The molecule has 2 aromatic rings. The molecule has 2 atom stereocenters. The van der Waals surface area contributed by atoms with Crippen LogP contribution >= 0.6 is 0 Å². The summed E-state index contributed by atoms with van der Waals surface area (Å²) >= 11 is 4.60. The molecule has 0 radical (unpaired) electrons. The average molecular weight is 194 g/mol. The standard InChI is InChI=1S/C14H12.2Li/c1-3-7-13(8-4-1)11-12-14-9-5-2-6-10-14;;/h1-12H;;. The summed E-state index contributed by atoms with van der Waals surface area (Å²) in [5.41, 5.74) is 2.83. The fourth-order valence-electron chi connectivity index (χ4n) is 2.09. The van der Waals surface area contributed by atoms with E-state index in [4.69, 9.17) is 0 Å². The molecule has 0 amide bonds. The second kappa shape index (κ2) is 5.81. The SMILES string of the molecule is [Li][CH](c1ccccc1)[CH]([Li])c1ccccc1. The van der Waals surface area contributed by atoms with Gasteiger partial charge in [0.05, 0.1) is 0 Å². The fourth-order valence-corrected chi connectivity index (χ4v) is 2.09. The zero-order valence-corrected chi connectivity index (χ0v) is 9.93. The van der Waals surface area contributed by atoms with Crippen molar-refractivity contribution < 1.29 is 0 Å². The molecule has 2 rings (SSSR count). The Morgan fingerprint density at radius 1 is 0.562 bits per heavy atom. The first-order chi connectivity index (χ1) is 7.79. The molecular weight excluding hydrogens is 182 g/mol. The minimum atomic E-state index is 0.559. The van der Waals surface area contributed by atoms with Gasteiger partial charge in [-0.1, -0.05) is 0 Å². The zero-order valence-electron chi connectivity index (χ0n) is 9.93. The predicted octanol–water partition coefficient (Wildman–Crippen LogP) is 2.81. The van der Waals surface area contributed by atoms with Gasteiger partial charge < -0.3 is 0 Å². The topological polar surface area (TPSA) is 0 Å². The second-order valence-corrected chi connectivity index (χ2v) is 4.40. The summed E-state index contributed by atoms with van der Waals surface area (Å²) in [5, 5.41) is 0. The molecule has 16 heavy (non-hydrogen) atoms. The van der Waals surface area contributed by atoms with Gasteiger partial charge in [-0.2, -0.15) is 0 Å². The van der Waals surface area contributed by atoms with Crippen molar-refractivity contribution >= 4 is 35.4 Å². The van der Waals surface area contributed by atoms with E-state index in [1.54, 1.807) is 0 Å². The molecule has 0 saturated heterocycles. The summed E-state index contributed by atoms with van der Waals surface area (Å²) in [6, 6.07) is 21.5. The van der Waals surface area contributed by atoms with Gasteiger partial charge in [0.2, 0.25) is 0 Å². The van der Waals surface area contributed by atoms with Crippen molar-refractivity contribution in [3.05, 3.63) is 71.8 Å². The van der Waals surface area contributed by atoms with Crippen LogP contribution in [0, 0.1) is 0 Å². The number of hydrogen-bond acceptors (Lipinski definition) is 0. The van der Waals surface area contributed by atoms with Crippen LogP contribution in [0.25, 0.3) is 0 Å². The first kappa shape index (κ1) is 12.1. The van der Waals surface area contributed by atoms with Crippen LogP contribution in [0.15, 0.2) is 60.7 Å². The van der Waals surface area contributed by atoms with Crippen molar-refractivity contribution in [2.24, 2.45) is 0 Å². The fraction of sp³-hybridized carbons (Fsp3) is 0.143. The first-order valence-corrected chi connectivity index (χ1v) is 5.89. The zero-order chi connectivity index (χ0) is 11.4. The van der Waals surface area contributed by atoms with Gasteiger partial charge in [0.15, 0.2) is 0 Å². The van der Waals surface area contributed by atoms with Crippen molar-refractivity contribution in [2.75, 3.05) is 0 Å². The minimum absolute atomic E-state index is 0.559. The Morgan fingerprint density at radius 3 is 1.19 bits per heavy atom. The van der Waals surface area contributed by atoms with Crippen molar-refractivity contribution in [3.63, 3.8) is 0 Å². The molecule has 0 fully saturated rings. The Kier molecular flexibility index (Phi) is 4.40. The van der Waals surface area contributed by atoms with E-state index in [2.05, 4.69) is 96.1 Å². The predicted molar refractivity (Wildman–Crippen MR) is 69.9 cm³/mol. The van der Waals surface area contributed by atoms with Crippen LogP contribution in [-0.2, 0) is 0 Å². The Morgan fingerprint density at radius 2 is 0.875 bits per heavy atom. The summed E-state index contributed by atoms with van der Waals surface area (Å²) < 4.78 is 1.12. The maximum atomic E-state index is 2.30. The summed E-state index contributed by atoms with van der Waals surface area (Å²) in [4.78, 5) is 0. The van der Waals surface area contributed by atoms with Crippen molar-refractivity contribution in [3.8, 4) is 0 Å². The van der Waals surface area contributed by atoms with Gasteiger partial charge in [-0.3, -0.25) is 0 Å². The first-order valence-electron chi connectivity index (χ1n) is 5.89. The van der Waals surface area contributed by atoms with E-state index in [1.165, 1.54) is 11.1 Å². The Hall–Kier alpha value is -0.365. The quantitative estimate of drug-likeness (QED) is 0.659. The van der Waals surface area contributed by atoms with Crippen molar-refractivity contribution in [1.82, 2.24) is 0 Å². The van der Waals surface area contributed by atoms with E-state index in [1.807, 2.05) is 0 Å². The molecule has 0 aliphatic rings. The molecular formula is C14H12Li2. The number of benzene rings is 2. The van der Waals surface area contributed by atoms with Crippen LogP contribution in [0.5, 0.6) is 0 Å². The van der Waals surface area contributed by atoms with E-state index in [9.17, 15) is 0 Å². The average Bonchev–Trinajstić information content (AvgIpc) is 2.39. The van der Waals surface area contributed by atoms with E-state index < -0.39 is 0 Å². The molecule has 0 nitrogen and oxygen atoms in total. The van der Waals surface area contributed by atoms with Gasteiger partial charge >= 0.3 is 116 Å². The second-order valence-electron chi connectivity index (χ2n) is 4.40. The Balaban J connectivity index is 2.20. The van der Waals surface area contributed by atoms with E-state index in [0.29, 0.717) is 9.18 Å². The third kappa shape index (κ3) is 2.85. The molecule has 2 heteroatoms. The molecule has 0 saturated carbocycles. The van der Waals surface area contributed by atoms with E-state index in [-0.39, 0.29) is 0 Å². The van der Waals surface area contributed by atoms with Crippen molar-refractivity contribution in [2.45, 2.75) is 9.18 Å². The maximum absolute atomic E-state index is 2.30. The van der Waals surface area contributed by atoms with Crippen LogP contribution in [0.1, 0.15) is 20.3 Å². The molecule has 70 valence electrons. The summed E-state index contributed by atoms with van der Waals surface area (Å²) in [6.07, 6.45) is 0. The van der Waals surface area contributed by atoms with Gasteiger partial charge in [0.1, 0.15) is 0 Å². The van der Waals surface area contributed by atoms with Crippen LogP contribution in [0.4, 0.5) is 0 Å². The molecule has 0 aliphatic carbocycles. The van der Waals surface area contributed by atoms with Gasteiger partial charge in [0, 0.05) is 0 Å². The molecule has 0 bridgehead atoms. The van der Waals surface area contributed by atoms with Crippen LogP contribution in [0.3, 0.4) is 0 Å². The molecule has 0 aromatic heterocycles. The van der Waals surface area contributed by atoms with Gasteiger partial charge in [0.25, 0.3) is 0 Å². The van der Waals surface area contributed by atoms with Gasteiger partial charge in [-0.25, -0.2) is 0 Å². The monoisotopic (exact) mass is 194 g/mol. The van der Waals surface area contributed by atoms with Gasteiger partial charge in [-0.05, 0) is 0 Å². The van der Waals surface area contributed by atoms with Gasteiger partial charge in [-0.15, -0.1) is 0 Å². The molecule has 2 aromatic carbocycles. The van der Waals surface area contributed by atoms with Crippen LogP contribution in [-0.4, -0.2) is 35.4 Å². The number of hydrogen-bond donors (Lipinski definition) is 0. The molecule has 0 N–H and O–H groups in total. The van der Waals surface area contributed by atoms with E-state index >= 15 is 0 Å². The molecule has 2 unspecified atom stereocenters. The third-order valence-electron chi connectivity index (χ3n) is 3.40. The van der Waals surface area contributed by atoms with Crippen molar-refractivity contribution in [1.29, 1.82) is 0 Å². The van der Waals surface area contributed by atoms with Crippen LogP contribution < -0.4 is 0 Å². The van der Waals surface area contributed by atoms with E-state index in [0.717, 1.165) is 0 Å². The van der Waals surface area contributed by atoms with Crippen LogP contribution in [0.2, 0.25) is 0 Å². The summed E-state index contributed by atoms with van der Waals surface area (Å²) in [5.74, 6) is 0. The molecule has 0 aliphatic heterocycles. The summed E-state index contributed by atoms with van der Waals surface area (Å²) in [7, 11) is 0. The third-order valence-corrected chi connectivity index (χ3v) is 3.40. The summed E-state index contributed by atoms with van der Waals surface area (Å²) in [6.45, 7) is 0. The Bertz CT molecular complexity index is 382. The Labute approximate surface area is 116 Å². The number of rotatable bonds is 3. The molecule has 0 spiro atoms. The molecule has 0 heterocycles. The normalized spacial score (nSPS) is 14.5.